The molecule has 0 fully saturated rings. The zero-order valence-corrected chi connectivity index (χ0v) is 25.3. The molecule has 9 rings (SSSR count). The number of hydrogen-bond acceptors (Lipinski definition) is 2. The number of nitrogens with zero attached hydrogens (tertiary/aromatic N) is 2. The second-order valence-electron chi connectivity index (χ2n) is 11.4. The molecule has 0 spiro atoms. The smallest absolute Gasteiger partial charge is 0.0640 e. The Morgan fingerprint density at radius 3 is 1.98 bits per heavy atom. The summed E-state index contributed by atoms with van der Waals surface area (Å²) in [4.78, 5) is 2.42. The lowest BCUT2D eigenvalue weighted by molar-refractivity contribution is 1.18. The van der Waals surface area contributed by atoms with Crippen molar-refractivity contribution in [3.63, 3.8) is 0 Å². The Balaban J connectivity index is 1.36. The average Bonchev–Trinajstić information content (AvgIpc) is 3.66. The molecule has 3 heteroatoms. The summed E-state index contributed by atoms with van der Waals surface area (Å²) in [5.74, 6) is 0. The monoisotopic (exact) mass is 592 g/mol. The zero-order chi connectivity index (χ0) is 29.7. The van der Waals surface area contributed by atoms with Gasteiger partial charge in [-0.25, -0.2) is 0 Å². The fourth-order valence-corrected chi connectivity index (χ4v) is 8.03. The third-order valence-corrected chi connectivity index (χ3v) is 9.98. The maximum Gasteiger partial charge on any atom is 0.0640 e. The first-order valence-corrected chi connectivity index (χ1v) is 16.1. The first kappa shape index (κ1) is 25.8. The van der Waals surface area contributed by atoms with Crippen LogP contribution >= 0.6 is 11.3 Å². The Labute approximate surface area is 265 Å². The van der Waals surface area contributed by atoms with E-state index in [1.807, 2.05) is 11.3 Å². The highest BCUT2D eigenvalue weighted by molar-refractivity contribution is 7.26. The molecular weight excluding hydrogens is 565 g/mol. The standard InChI is InChI=1S/C42H28N2S/c1-4-14-29(15-5-1)33-21-12-23-38-41(33)36-28-32(26-27-37(36)44(38)31-18-8-3-9-19-31)43(30-16-6-2-7-17-30)39-24-13-22-35-34-20-10-11-25-40(34)45-42(35)39/h1-28H. The molecule has 2 aromatic heterocycles. The van der Waals surface area contributed by atoms with Crippen LogP contribution in [0.15, 0.2) is 170 Å². The van der Waals surface area contributed by atoms with Crippen molar-refractivity contribution in [1.82, 2.24) is 4.57 Å². The third-order valence-electron chi connectivity index (χ3n) is 8.77. The minimum Gasteiger partial charge on any atom is -0.309 e. The summed E-state index contributed by atoms with van der Waals surface area (Å²) >= 11 is 1.87. The number of thiophene rings is 1. The van der Waals surface area contributed by atoms with E-state index in [2.05, 4.69) is 179 Å². The third kappa shape index (κ3) is 4.16. The van der Waals surface area contributed by atoms with Crippen LogP contribution in [0, 0.1) is 0 Å². The van der Waals surface area contributed by atoms with Gasteiger partial charge in [-0.05, 0) is 71.8 Å². The molecule has 45 heavy (non-hydrogen) atoms. The normalized spacial score (nSPS) is 11.6. The highest BCUT2D eigenvalue weighted by Crippen LogP contribution is 2.46. The molecule has 212 valence electrons. The van der Waals surface area contributed by atoms with Gasteiger partial charge in [0, 0.05) is 43.3 Å². The SMILES string of the molecule is c1ccc(-c2cccc3c2c2cc(N(c4ccccc4)c4cccc5c4sc4ccccc45)ccc2n3-c2ccccc2)cc1. The van der Waals surface area contributed by atoms with Gasteiger partial charge in [0.2, 0.25) is 0 Å². The van der Waals surface area contributed by atoms with E-state index >= 15 is 0 Å². The van der Waals surface area contributed by atoms with Crippen molar-refractivity contribution in [3.8, 4) is 16.8 Å². The fourth-order valence-electron chi connectivity index (χ4n) is 6.82. The zero-order valence-electron chi connectivity index (χ0n) is 24.5. The molecule has 0 aliphatic heterocycles. The van der Waals surface area contributed by atoms with Crippen LogP contribution in [0.25, 0.3) is 58.8 Å². The van der Waals surface area contributed by atoms with E-state index in [1.165, 1.54) is 58.8 Å². The summed E-state index contributed by atoms with van der Waals surface area (Å²) < 4.78 is 5.00. The van der Waals surface area contributed by atoms with Crippen LogP contribution in [0.4, 0.5) is 17.1 Å². The molecule has 0 amide bonds. The van der Waals surface area contributed by atoms with Gasteiger partial charge in [-0.15, -0.1) is 11.3 Å². The molecule has 0 aliphatic rings. The first-order valence-electron chi connectivity index (χ1n) is 15.3. The van der Waals surface area contributed by atoms with Crippen molar-refractivity contribution in [2.75, 3.05) is 4.90 Å². The van der Waals surface area contributed by atoms with Crippen molar-refractivity contribution < 1.29 is 0 Å². The largest absolute Gasteiger partial charge is 0.309 e. The van der Waals surface area contributed by atoms with E-state index in [1.54, 1.807) is 0 Å². The molecule has 0 atom stereocenters. The number of aromatic nitrogens is 1. The molecule has 0 saturated carbocycles. The predicted molar refractivity (Wildman–Crippen MR) is 194 cm³/mol. The van der Waals surface area contributed by atoms with Gasteiger partial charge in [-0.3, -0.25) is 0 Å². The molecule has 0 bridgehead atoms. The van der Waals surface area contributed by atoms with Gasteiger partial charge < -0.3 is 9.47 Å². The lowest BCUT2D eigenvalue weighted by Crippen LogP contribution is -2.10. The second-order valence-corrected chi connectivity index (χ2v) is 12.4. The first-order chi connectivity index (χ1) is 22.3. The molecule has 2 nitrogen and oxygen atoms in total. The fraction of sp³-hybridized carbons (Fsp3) is 0. The molecule has 2 heterocycles. The van der Waals surface area contributed by atoms with Crippen LogP contribution in [0.2, 0.25) is 0 Å². The lowest BCUT2D eigenvalue weighted by atomic mass is 9.99. The summed E-state index contributed by atoms with van der Waals surface area (Å²) in [5, 5.41) is 5.09. The molecule has 0 N–H and O–H groups in total. The summed E-state index contributed by atoms with van der Waals surface area (Å²) in [6, 6.07) is 61.3. The Morgan fingerprint density at radius 1 is 0.467 bits per heavy atom. The Hall–Kier alpha value is -5.64. The van der Waals surface area contributed by atoms with E-state index < -0.39 is 0 Å². The van der Waals surface area contributed by atoms with Crippen LogP contribution in [0.3, 0.4) is 0 Å². The van der Waals surface area contributed by atoms with Crippen molar-refractivity contribution in [1.29, 1.82) is 0 Å². The van der Waals surface area contributed by atoms with Gasteiger partial charge in [0.1, 0.15) is 0 Å². The van der Waals surface area contributed by atoms with Gasteiger partial charge in [-0.2, -0.15) is 0 Å². The number of anilines is 3. The Morgan fingerprint density at radius 2 is 1.16 bits per heavy atom. The molecule has 0 unspecified atom stereocenters. The summed E-state index contributed by atoms with van der Waals surface area (Å²) in [7, 11) is 0. The van der Waals surface area contributed by atoms with Gasteiger partial charge in [0.05, 0.1) is 21.4 Å². The maximum atomic E-state index is 2.42. The topological polar surface area (TPSA) is 8.17 Å². The number of benzene rings is 7. The second kappa shape index (κ2) is 10.5. The van der Waals surface area contributed by atoms with Crippen molar-refractivity contribution in [3.05, 3.63) is 170 Å². The van der Waals surface area contributed by atoms with E-state index in [-0.39, 0.29) is 0 Å². The van der Waals surface area contributed by atoms with E-state index in [0.717, 1.165) is 17.1 Å². The predicted octanol–water partition coefficient (Wildman–Crippen LogP) is 12.3. The minimum atomic E-state index is 1.13. The highest BCUT2D eigenvalue weighted by Gasteiger charge is 2.21. The van der Waals surface area contributed by atoms with E-state index in [0.29, 0.717) is 0 Å². The Bertz CT molecular complexity index is 2470. The van der Waals surface area contributed by atoms with Gasteiger partial charge >= 0.3 is 0 Å². The number of rotatable bonds is 5. The number of hydrogen-bond donors (Lipinski definition) is 0. The van der Waals surface area contributed by atoms with E-state index in [9.17, 15) is 0 Å². The van der Waals surface area contributed by atoms with E-state index in [4.69, 9.17) is 0 Å². The molecule has 0 aliphatic carbocycles. The summed E-state index contributed by atoms with van der Waals surface area (Å²) in [5.41, 5.74) is 9.47. The number of para-hydroxylation sites is 2. The van der Waals surface area contributed by atoms with Gasteiger partial charge in [-0.1, -0.05) is 109 Å². The summed E-state index contributed by atoms with van der Waals surface area (Å²) in [6.07, 6.45) is 0. The lowest BCUT2D eigenvalue weighted by Gasteiger charge is -2.26. The summed E-state index contributed by atoms with van der Waals surface area (Å²) in [6.45, 7) is 0. The molecule has 7 aromatic carbocycles. The molecule has 0 saturated heterocycles. The quantitative estimate of drug-likeness (QED) is 0.193. The average molecular weight is 593 g/mol. The van der Waals surface area contributed by atoms with Crippen molar-refractivity contribution >= 4 is 70.4 Å². The highest BCUT2D eigenvalue weighted by atomic mass is 32.1. The Kier molecular flexibility index (Phi) is 6.03. The van der Waals surface area contributed by atoms with Crippen molar-refractivity contribution in [2.24, 2.45) is 0 Å². The van der Waals surface area contributed by atoms with Crippen LogP contribution < -0.4 is 4.90 Å². The van der Waals surface area contributed by atoms with Gasteiger partial charge in [0.15, 0.2) is 0 Å². The van der Waals surface area contributed by atoms with Crippen LogP contribution in [-0.2, 0) is 0 Å². The van der Waals surface area contributed by atoms with Gasteiger partial charge in [0.25, 0.3) is 0 Å². The van der Waals surface area contributed by atoms with Crippen LogP contribution in [0.5, 0.6) is 0 Å². The molecule has 9 aromatic rings. The van der Waals surface area contributed by atoms with Crippen LogP contribution in [-0.4, -0.2) is 4.57 Å². The number of fused-ring (bicyclic) bond motifs is 6. The minimum absolute atomic E-state index is 1.13. The molecule has 0 radical (unpaired) electrons. The van der Waals surface area contributed by atoms with Crippen LogP contribution in [0.1, 0.15) is 0 Å². The van der Waals surface area contributed by atoms with Crippen molar-refractivity contribution in [2.45, 2.75) is 0 Å². The molecular formula is C42H28N2S. The maximum absolute atomic E-state index is 2.42.